The average molecular weight is 320 g/mol. The molecule has 0 aliphatic heterocycles. The molecular formula is C12H20N2O4S2. The molecule has 0 spiro atoms. The van der Waals surface area contributed by atoms with E-state index in [1.165, 1.54) is 24.3 Å². The van der Waals surface area contributed by atoms with E-state index >= 15 is 0 Å². The molecule has 8 heteroatoms. The van der Waals surface area contributed by atoms with Crippen LogP contribution in [-0.2, 0) is 19.9 Å². The molecule has 0 saturated heterocycles. The lowest BCUT2D eigenvalue weighted by molar-refractivity contribution is 0.400. The topological polar surface area (TPSA) is 83.6 Å². The van der Waals surface area contributed by atoms with Crippen LogP contribution in [0.4, 0.5) is 0 Å². The normalized spacial score (nSPS) is 12.8. The van der Waals surface area contributed by atoms with Crippen molar-refractivity contribution in [1.82, 2.24) is 9.62 Å². The first-order valence-corrected chi connectivity index (χ1v) is 9.45. The molecule has 0 aliphatic rings. The van der Waals surface area contributed by atoms with Crippen LogP contribution in [0.2, 0.25) is 0 Å². The summed E-state index contributed by atoms with van der Waals surface area (Å²) in [5.41, 5.74) is 0. The van der Waals surface area contributed by atoms with Crippen molar-refractivity contribution < 1.29 is 16.8 Å². The van der Waals surface area contributed by atoms with Crippen LogP contribution in [0, 0.1) is 0 Å². The van der Waals surface area contributed by atoms with E-state index in [4.69, 9.17) is 0 Å². The second kappa shape index (κ2) is 6.66. The second-order valence-corrected chi connectivity index (χ2v) is 8.58. The summed E-state index contributed by atoms with van der Waals surface area (Å²) in [4.78, 5) is 1.91. The molecule has 0 atom stereocenters. The smallest absolute Gasteiger partial charge is 0.240 e. The number of hydrogen-bond donors (Lipinski definition) is 1. The summed E-state index contributed by atoms with van der Waals surface area (Å²) in [6.45, 7) is 1.08. The fraction of sp³-hybridized carbons (Fsp3) is 0.500. The highest BCUT2D eigenvalue weighted by molar-refractivity contribution is 7.91. The van der Waals surface area contributed by atoms with Crippen LogP contribution in [-0.4, -0.2) is 55.2 Å². The Morgan fingerprint density at radius 2 is 1.70 bits per heavy atom. The highest BCUT2D eigenvalue weighted by Crippen LogP contribution is 2.15. The van der Waals surface area contributed by atoms with E-state index in [2.05, 4.69) is 4.72 Å². The molecule has 0 aromatic heterocycles. The van der Waals surface area contributed by atoms with Crippen LogP contribution in [0.25, 0.3) is 0 Å². The predicted octanol–water partition coefficient (Wildman–Crippen LogP) is 0.320. The number of nitrogens with one attached hydrogen (secondary N) is 1. The third kappa shape index (κ3) is 5.20. The maximum absolute atomic E-state index is 12.0. The quantitative estimate of drug-likeness (QED) is 0.732. The first-order valence-electron chi connectivity index (χ1n) is 6.07. The van der Waals surface area contributed by atoms with Gasteiger partial charge in [-0.05, 0) is 45.3 Å². The van der Waals surface area contributed by atoms with Crippen molar-refractivity contribution in [3.05, 3.63) is 24.3 Å². The van der Waals surface area contributed by atoms with Crippen molar-refractivity contribution in [2.75, 3.05) is 33.4 Å². The minimum absolute atomic E-state index is 0.00586. The Hall–Kier alpha value is -0.960. The lowest BCUT2D eigenvalue weighted by atomic mass is 10.4. The van der Waals surface area contributed by atoms with E-state index in [1.54, 1.807) is 0 Å². The molecule has 0 heterocycles. The number of benzene rings is 1. The summed E-state index contributed by atoms with van der Waals surface area (Å²) in [5.74, 6) is 0. The van der Waals surface area contributed by atoms with Crippen molar-refractivity contribution in [2.24, 2.45) is 0 Å². The average Bonchev–Trinajstić information content (AvgIpc) is 2.34. The molecule has 0 fully saturated rings. The van der Waals surface area contributed by atoms with Crippen LogP contribution < -0.4 is 4.72 Å². The number of hydrogen-bond acceptors (Lipinski definition) is 5. The number of rotatable bonds is 7. The molecule has 1 aromatic rings. The van der Waals surface area contributed by atoms with Gasteiger partial charge in [-0.3, -0.25) is 0 Å². The van der Waals surface area contributed by atoms with Gasteiger partial charge in [0.05, 0.1) is 9.79 Å². The molecule has 1 aromatic carbocycles. The van der Waals surface area contributed by atoms with Crippen LogP contribution in [0.3, 0.4) is 0 Å². The molecule has 20 heavy (non-hydrogen) atoms. The molecular weight excluding hydrogens is 300 g/mol. The zero-order valence-electron chi connectivity index (χ0n) is 11.8. The number of sulfone groups is 1. The lowest BCUT2D eigenvalue weighted by Crippen LogP contribution is -2.27. The van der Waals surface area contributed by atoms with Gasteiger partial charge >= 0.3 is 0 Å². The van der Waals surface area contributed by atoms with E-state index in [1.807, 2.05) is 19.0 Å². The minimum Gasteiger partial charge on any atom is -0.309 e. The summed E-state index contributed by atoms with van der Waals surface area (Å²) in [5, 5.41) is 0. The molecule has 1 N–H and O–H groups in total. The molecule has 1 rings (SSSR count). The number of nitrogens with zero attached hydrogens (tertiary/aromatic N) is 1. The third-order valence-corrected chi connectivity index (χ3v) is 5.19. The summed E-state index contributed by atoms with van der Waals surface area (Å²) in [6, 6.07) is 5.34. The fourth-order valence-electron chi connectivity index (χ4n) is 1.56. The number of sulfonamides is 1. The van der Waals surface area contributed by atoms with Gasteiger partial charge in [0, 0.05) is 12.8 Å². The molecule has 0 aliphatic carbocycles. The van der Waals surface area contributed by atoms with Gasteiger partial charge in [-0.25, -0.2) is 21.6 Å². The minimum atomic E-state index is -3.67. The van der Waals surface area contributed by atoms with Gasteiger partial charge in [-0.1, -0.05) is 6.07 Å². The Bertz CT molecular complexity index is 652. The molecule has 0 amide bonds. The Morgan fingerprint density at radius 1 is 1.10 bits per heavy atom. The second-order valence-electron chi connectivity index (χ2n) is 4.80. The van der Waals surface area contributed by atoms with E-state index in [0.717, 1.165) is 12.8 Å². The molecule has 0 saturated carbocycles. The Morgan fingerprint density at radius 3 is 2.25 bits per heavy atom. The standard InChI is InChI=1S/C12H20N2O4S2/c1-14(2)9-5-8-13-20(17,18)12-7-4-6-11(10-12)19(3,15)16/h4,6-7,10,13H,5,8-9H2,1-3H3. The van der Waals surface area contributed by atoms with E-state index in [0.29, 0.717) is 13.0 Å². The predicted molar refractivity (Wildman–Crippen MR) is 77.9 cm³/mol. The van der Waals surface area contributed by atoms with Gasteiger partial charge in [0.1, 0.15) is 0 Å². The van der Waals surface area contributed by atoms with Gasteiger partial charge in [0.15, 0.2) is 9.84 Å². The molecule has 0 unspecified atom stereocenters. The Balaban J connectivity index is 2.83. The van der Waals surface area contributed by atoms with Gasteiger partial charge in [-0.2, -0.15) is 0 Å². The molecule has 6 nitrogen and oxygen atoms in total. The first kappa shape index (κ1) is 17.1. The van der Waals surface area contributed by atoms with Gasteiger partial charge < -0.3 is 4.90 Å². The molecule has 0 radical (unpaired) electrons. The maximum Gasteiger partial charge on any atom is 0.240 e. The van der Waals surface area contributed by atoms with Gasteiger partial charge in [0.25, 0.3) is 0 Å². The van der Waals surface area contributed by atoms with Crippen molar-refractivity contribution >= 4 is 19.9 Å². The SMILES string of the molecule is CN(C)CCCNS(=O)(=O)c1cccc(S(C)(=O)=O)c1. The Labute approximate surface area is 120 Å². The maximum atomic E-state index is 12.0. The van der Waals surface area contributed by atoms with Crippen molar-refractivity contribution in [3.63, 3.8) is 0 Å². The molecule has 0 bridgehead atoms. The van der Waals surface area contributed by atoms with E-state index in [-0.39, 0.29) is 9.79 Å². The van der Waals surface area contributed by atoms with Crippen LogP contribution in [0.5, 0.6) is 0 Å². The molecule has 114 valence electrons. The van der Waals surface area contributed by atoms with Crippen LogP contribution in [0.15, 0.2) is 34.1 Å². The summed E-state index contributed by atoms with van der Waals surface area (Å²) in [6.07, 6.45) is 1.72. The van der Waals surface area contributed by atoms with E-state index in [9.17, 15) is 16.8 Å². The Kier molecular flexibility index (Phi) is 5.69. The van der Waals surface area contributed by atoms with Crippen molar-refractivity contribution in [3.8, 4) is 0 Å². The first-order chi connectivity index (χ1) is 9.13. The largest absolute Gasteiger partial charge is 0.309 e. The highest BCUT2D eigenvalue weighted by atomic mass is 32.2. The van der Waals surface area contributed by atoms with Crippen molar-refractivity contribution in [2.45, 2.75) is 16.2 Å². The highest BCUT2D eigenvalue weighted by Gasteiger charge is 2.16. The van der Waals surface area contributed by atoms with Crippen LogP contribution >= 0.6 is 0 Å². The lowest BCUT2D eigenvalue weighted by Gasteiger charge is -2.10. The zero-order valence-corrected chi connectivity index (χ0v) is 13.5. The van der Waals surface area contributed by atoms with Gasteiger partial charge in [-0.15, -0.1) is 0 Å². The summed E-state index contributed by atoms with van der Waals surface area (Å²) >= 11 is 0. The monoisotopic (exact) mass is 320 g/mol. The van der Waals surface area contributed by atoms with Crippen molar-refractivity contribution in [1.29, 1.82) is 0 Å². The third-order valence-electron chi connectivity index (χ3n) is 2.62. The van der Waals surface area contributed by atoms with Gasteiger partial charge in [0.2, 0.25) is 10.0 Å². The zero-order chi connectivity index (χ0) is 15.4. The summed E-state index contributed by atoms with van der Waals surface area (Å²) < 4.78 is 49.4. The fourth-order valence-corrected chi connectivity index (χ4v) is 3.42. The van der Waals surface area contributed by atoms with E-state index < -0.39 is 19.9 Å². The van der Waals surface area contributed by atoms with Crippen LogP contribution in [0.1, 0.15) is 6.42 Å². The summed E-state index contributed by atoms with van der Waals surface area (Å²) in [7, 11) is -3.28.